The maximum absolute atomic E-state index is 5.70. The lowest BCUT2D eigenvalue weighted by Gasteiger charge is -2.31. The molecule has 1 fully saturated rings. The van der Waals surface area contributed by atoms with Crippen molar-refractivity contribution >= 4 is 0 Å². The van der Waals surface area contributed by atoms with Crippen molar-refractivity contribution in [2.45, 2.75) is 51.4 Å². The van der Waals surface area contributed by atoms with E-state index in [0.29, 0.717) is 24.9 Å². The third-order valence-electron chi connectivity index (χ3n) is 2.36. The van der Waals surface area contributed by atoms with Crippen LogP contribution < -0.4 is 5.73 Å². The van der Waals surface area contributed by atoms with Crippen molar-refractivity contribution in [3.05, 3.63) is 0 Å². The van der Waals surface area contributed by atoms with Crippen LogP contribution in [0.15, 0.2) is 0 Å². The molecule has 1 aliphatic rings. The van der Waals surface area contributed by atoms with Crippen LogP contribution in [0.25, 0.3) is 0 Å². The lowest BCUT2D eigenvalue weighted by atomic mass is 10.0. The van der Waals surface area contributed by atoms with Gasteiger partial charge in [-0.1, -0.05) is 0 Å². The Hall–Kier alpha value is -0.120. The molecule has 0 aromatic heterocycles. The fraction of sp³-hybridized carbons (Fsp3) is 1.00. The van der Waals surface area contributed by atoms with Crippen LogP contribution in [0, 0.1) is 0 Å². The van der Waals surface area contributed by atoms with Crippen LogP contribution in [-0.4, -0.2) is 31.5 Å². The van der Waals surface area contributed by atoms with Gasteiger partial charge in [-0.2, -0.15) is 0 Å². The highest BCUT2D eigenvalue weighted by atomic mass is 16.5. The van der Waals surface area contributed by atoms with Gasteiger partial charge >= 0.3 is 0 Å². The molecule has 3 heteroatoms. The summed E-state index contributed by atoms with van der Waals surface area (Å²) >= 11 is 0. The predicted molar refractivity (Wildman–Crippen MR) is 52.7 cm³/mol. The molecule has 13 heavy (non-hydrogen) atoms. The van der Waals surface area contributed by atoms with E-state index in [-0.39, 0.29) is 0 Å². The predicted octanol–water partition coefficient (Wildman–Crippen LogP) is 1.31. The van der Waals surface area contributed by atoms with E-state index in [1.54, 1.807) is 0 Å². The van der Waals surface area contributed by atoms with Gasteiger partial charge in [0.1, 0.15) is 0 Å². The Bertz CT molecular complexity index is 131. The fourth-order valence-electron chi connectivity index (χ4n) is 1.81. The first-order valence-corrected chi connectivity index (χ1v) is 5.19. The second-order valence-electron chi connectivity index (χ2n) is 3.86. The van der Waals surface area contributed by atoms with Crippen molar-refractivity contribution in [1.82, 2.24) is 0 Å². The highest BCUT2D eigenvalue weighted by molar-refractivity contribution is 4.73. The van der Waals surface area contributed by atoms with Gasteiger partial charge < -0.3 is 15.2 Å². The van der Waals surface area contributed by atoms with Gasteiger partial charge in [-0.3, -0.25) is 0 Å². The number of rotatable bonds is 4. The van der Waals surface area contributed by atoms with Crippen molar-refractivity contribution in [3.8, 4) is 0 Å². The van der Waals surface area contributed by atoms with Gasteiger partial charge in [-0.15, -0.1) is 0 Å². The molecular formula is C10H21NO2. The average Bonchev–Trinajstić information content (AvgIpc) is 2.03. The molecule has 0 saturated carbocycles. The highest BCUT2D eigenvalue weighted by Gasteiger charge is 2.24. The maximum Gasteiger partial charge on any atom is 0.0624 e. The van der Waals surface area contributed by atoms with E-state index in [1.165, 1.54) is 0 Å². The van der Waals surface area contributed by atoms with Crippen LogP contribution in [0.3, 0.4) is 0 Å². The van der Waals surface area contributed by atoms with Crippen LogP contribution in [0.1, 0.15) is 33.1 Å². The molecule has 1 rings (SSSR count). The van der Waals surface area contributed by atoms with Gasteiger partial charge in [0.05, 0.1) is 18.3 Å². The normalized spacial score (nSPS) is 34.8. The van der Waals surface area contributed by atoms with Gasteiger partial charge in [-0.25, -0.2) is 0 Å². The minimum Gasteiger partial charge on any atom is -0.378 e. The van der Waals surface area contributed by atoms with Gasteiger partial charge in [0, 0.05) is 6.61 Å². The quantitative estimate of drug-likeness (QED) is 0.675. The van der Waals surface area contributed by atoms with Crippen LogP contribution >= 0.6 is 0 Å². The van der Waals surface area contributed by atoms with Gasteiger partial charge in [0.25, 0.3) is 0 Å². The Morgan fingerprint density at radius 2 is 1.92 bits per heavy atom. The van der Waals surface area contributed by atoms with Crippen molar-refractivity contribution < 1.29 is 9.47 Å². The zero-order valence-electron chi connectivity index (χ0n) is 8.66. The van der Waals surface area contributed by atoms with E-state index < -0.39 is 0 Å². The molecular weight excluding hydrogens is 166 g/mol. The Balaban J connectivity index is 2.17. The molecule has 0 aromatic rings. The van der Waals surface area contributed by atoms with Crippen LogP contribution in [-0.2, 0) is 9.47 Å². The Morgan fingerprint density at radius 1 is 1.31 bits per heavy atom. The molecule has 0 bridgehead atoms. The SMILES string of the molecule is C[C@@H]1CC(OCCCN)C[C@H](C)O1. The zero-order valence-corrected chi connectivity index (χ0v) is 8.66. The summed E-state index contributed by atoms with van der Waals surface area (Å²) in [5.74, 6) is 0. The summed E-state index contributed by atoms with van der Waals surface area (Å²) in [6.07, 6.45) is 4.06. The molecule has 0 aromatic carbocycles. The van der Waals surface area contributed by atoms with Gasteiger partial charge in [-0.05, 0) is 39.7 Å². The van der Waals surface area contributed by atoms with E-state index in [1.807, 2.05) is 0 Å². The number of nitrogens with two attached hydrogens (primary N) is 1. The van der Waals surface area contributed by atoms with E-state index in [4.69, 9.17) is 15.2 Å². The molecule has 1 heterocycles. The van der Waals surface area contributed by atoms with Gasteiger partial charge in [0.15, 0.2) is 0 Å². The summed E-state index contributed by atoms with van der Waals surface area (Å²) in [4.78, 5) is 0. The third-order valence-corrected chi connectivity index (χ3v) is 2.36. The summed E-state index contributed by atoms with van der Waals surface area (Å²) in [5.41, 5.74) is 5.39. The molecule has 78 valence electrons. The van der Waals surface area contributed by atoms with E-state index in [0.717, 1.165) is 25.9 Å². The second kappa shape index (κ2) is 5.58. The van der Waals surface area contributed by atoms with Crippen molar-refractivity contribution in [2.75, 3.05) is 13.2 Å². The van der Waals surface area contributed by atoms with Crippen LogP contribution in [0.2, 0.25) is 0 Å². The lowest BCUT2D eigenvalue weighted by Crippen LogP contribution is -2.34. The summed E-state index contributed by atoms with van der Waals surface area (Å²) in [6.45, 7) is 5.72. The highest BCUT2D eigenvalue weighted by Crippen LogP contribution is 2.21. The Morgan fingerprint density at radius 3 is 2.46 bits per heavy atom. The van der Waals surface area contributed by atoms with Crippen molar-refractivity contribution in [1.29, 1.82) is 0 Å². The Labute approximate surface area is 80.6 Å². The number of hydrogen-bond acceptors (Lipinski definition) is 3. The largest absolute Gasteiger partial charge is 0.378 e. The standard InChI is InChI=1S/C10H21NO2/c1-8-6-10(7-9(2)13-8)12-5-3-4-11/h8-10H,3-7,11H2,1-2H3/t8-,9+,10?. The van der Waals surface area contributed by atoms with E-state index in [2.05, 4.69) is 13.8 Å². The van der Waals surface area contributed by atoms with Gasteiger partial charge in [0.2, 0.25) is 0 Å². The van der Waals surface area contributed by atoms with Crippen LogP contribution in [0.4, 0.5) is 0 Å². The van der Waals surface area contributed by atoms with Crippen molar-refractivity contribution in [3.63, 3.8) is 0 Å². The maximum atomic E-state index is 5.70. The minimum atomic E-state index is 0.339. The Kier molecular flexibility index (Phi) is 4.70. The first-order chi connectivity index (χ1) is 6.22. The third kappa shape index (κ3) is 4.07. The monoisotopic (exact) mass is 187 g/mol. The topological polar surface area (TPSA) is 44.5 Å². The molecule has 1 saturated heterocycles. The summed E-state index contributed by atoms with van der Waals surface area (Å²) < 4.78 is 11.3. The smallest absolute Gasteiger partial charge is 0.0624 e. The van der Waals surface area contributed by atoms with Crippen LogP contribution in [0.5, 0.6) is 0 Å². The summed E-state index contributed by atoms with van der Waals surface area (Å²) in [6, 6.07) is 0. The molecule has 1 aliphatic heterocycles. The summed E-state index contributed by atoms with van der Waals surface area (Å²) in [5, 5.41) is 0. The van der Waals surface area contributed by atoms with E-state index in [9.17, 15) is 0 Å². The molecule has 0 spiro atoms. The number of hydrogen-bond donors (Lipinski definition) is 1. The second-order valence-corrected chi connectivity index (χ2v) is 3.86. The van der Waals surface area contributed by atoms with E-state index >= 15 is 0 Å². The molecule has 0 aliphatic carbocycles. The molecule has 0 radical (unpaired) electrons. The molecule has 2 N–H and O–H groups in total. The minimum absolute atomic E-state index is 0.339. The first kappa shape index (κ1) is 11.0. The molecule has 1 unspecified atom stereocenters. The van der Waals surface area contributed by atoms with Crippen molar-refractivity contribution in [2.24, 2.45) is 5.73 Å². The molecule has 3 atom stereocenters. The molecule has 0 amide bonds. The average molecular weight is 187 g/mol. The zero-order chi connectivity index (χ0) is 9.68. The summed E-state index contributed by atoms with van der Waals surface area (Å²) in [7, 11) is 0. The number of ether oxygens (including phenoxy) is 2. The lowest BCUT2D eigenvalue weighted by molar-refractivity contribution is -0.101. The first-order valence-electron chi connectivity index (χ1n) is 5.19. The molecule has 3 nitrogen and oxygen atoms in total. The fourth-order valence-corrected chi connectivity index (χ4v) is 1.81.